The van der Waals surface area contributed by atoms with Gasteiger partial charge in [0.05, 0.1) is 11.7 Å². The van der Waals surface area contributed by atoms with Crippen LogP contribution in [0.2, 0.25) is 0 Å². The first-order valence-electron chi connectivity index (χ1n) is 8.68. The average molecular weight is 308 g/mol. The molecule has 21 heavy (non-hydrogen) atoms. The Hall–Kier alpha value is -0.610. The van der Waals surface area contributed by atoms with E-state index in [9.17, 15) is 0 Å². The Kier molecular flexibility index (Phi) is 4.85. The third-order valence-electron chi connectivity index (χ3n) is 4.97. The van der Waals surface area contributed by atoms with Crippen LogP contribution in [-0.2, 0) is 6.42 Å². The molecule has 0 saturated carbocycles. The molecule has 1 aliphatic carbocycles. The summed E-state index contributed by atoms with van der Waals surface area (Å²) >= 11 is 1.96. The Morgan fingerprint density at radius 3 is 2.95 bits per heavy atom. The summed E-state index contributed by atoms with van der Waals surface area (Å²) in [4.78, 5) is 9.16. The van der Waals surface area contributed by atoms with Crippen molar-refractivity contribution in [2.24, 2.45) is 5.92 Å². The van der Waals surface area contributed by atoms with Crippen LogP contribution >= 0.6 is 11.3 Å². The van der Waals surface area contributed by atoms with Gasteiger partial charge in [-0.3, -0.25) is 0 Å². The lowest BCUT2D eigenvalue weighted by atomic mass is 9.94. The molecule has 3 atom stereocenters. The van der Waals surface area contributed by atoms with Gasteiger partial charge in [0.25, 0.3) is 0 Å². The van der Waals surface area contributed by atoms with Gasteiger partial charge in [0, 0.05) is 17.5 Å². The van der Waals surface area contributed by atoms with Crippen LogP contribution in [0.25, 0.3) is 0 Å². The summed E-state index contributed by atoms with van der Waals surface area (Å²) in [5.74, 6) is 0.866. The molecule has 4 heteroatoms. The van der Waals surface area contributed by atoms with E-state index in [1.54, 1.807) is 0 Å². The number of anilines is 1. The van der Waals surface area contributed by atoms with E-state index in [2.05, 4.69) is 31.0 Å². The molecule has 2 aliphatic rings. The highest BCUT2D eigenvalue weighted by Gasteiger charge is 2.29. The number of fused-ring (bicyclic) bond motifs is 1. The van der Waals surface area contributed by atoms with Crippen LogP contribution in [0, 0.1) is 5.92 Å². The van der Waals surface area contributed by atoms with E-state index in [-0.39, 0.29) is 0 Å². The first kappa shape index (κ1) is 15.3. The molecule has 0 spiro atoms. The Labute approximate surface area is 133 Å². The Bertz CT molecular complexity index is 471. The second-order valence-corrected chi connectivity index (χ2v) is 7.94. The van der Waals surface area contributed by atoms with Crippen LogP contribution in [0.4, 0.5) is 5.13 Å². The van der Waals surface area contributed by atoms with Gasteiger partial charge in [-0.15, -0.1) is 11.3 Å². The van der Waals surface area contributed by atoms with E-state index >= 15 is 0 Å². The van der Waals surface area contributed by atoms with Crippen LogP contribution in [-0.4, -0.2) is 24.1 Å². The number of hydrogen-bond donors (Lipinski definition) is 1. The van der Waals surface area contributed by atoms with Crippen LogP contribution in [0.5, 0.6) is 0 Å². The fourth-order valence-electron chi connectivity index (χ4n) is 3.74. The molecule has 1 fully saturated rings. The zero-order valence-corrected chi connectivity index (χ0v) is 14.5. The Morgan fingerprint density at radius 1 is 1.33 bits per heavy atom. The number of nitrogens with zero attached hydrogens (tertiary/aromatic N) is 2. The van der Waals surface area contributed by atoms with Gasteiger partial charge in [-0.2, -0.15) is 0 Å². The number of hydrogen-bond acceptors (Lipinski definition) is 4. The summed E-state index contributed by atoms with van der Waals surface area (Å²) in [6, 6.07) is 1.14. The fraction of sp³-hybridized carbons (Fsp3) is 0.824. The van der Waals surface area contributed by atoms with Gasteiger partial charge in [0.2, 0.25) is 0 Å². The van der Waals surface area contributed by atoms with Crippen molar-refractivity contribution in [2.45, 2.75) is 71.4 Å². The molecule has 118 valence electrons. The van der Waals surface area contributed by atoms with Crippen molar-refractivity contribution in [1.82, 2.24) is 10.3 Å². The van der Waals surface area contributed by atoms with E-state index in [0.717, 1.165) is 12.5 Å². The van der Waals surface area contributed by atoms with E-state index in [4.69, 9.17) is 4.98 Å². The van der Waals surface area contributed by atoms with Crippen molar-refractivity contribution in [1.29, 1.82) is 0 Å². The number of aromatic nitrogens is 1. The van der Waals surface area contributed by atoms with Crippen LogP contribution in [0.3, 0.4) is 0 Å². The molecule has 2 heterocycles. The van der Waals surface area contributed by atoms with E-state index < -0.39 is 0 Å². The molecule has 0 radical (unpaired) electrons. The average Bonchev–Trinajstić information content (AvgIpc) is 2.89. The monoisotopic (exact) mass is 307 g/mol. The highest BCUT2D eigenvalue weighted by molar-refractivity contribution is 7.15. The van der Waals surface area contributed by atoms with Crippen molar-refractivity contribution in [3.05, 3.63) is 10.6 Å². The predicted molar refractivity (Wildman–Crippen MR) is 91.3 cm³/mol. The van der Waals surface area contributed by atoms with Gasteiger partial charge < -0.3 is 10.2 Å². The highest BCUT2D eigenvalue weighted by atomic mass is 32.1. The zero-order valence-electron chi connectivity index (χ0n) is 13.7. The number of thiazole rings is 1. The van der Waals surface area contributed by atoms with Crippen molar-refractivity contribution in [2.75, 3.05) is 18.0 Å². The van der Waals surface area contributed by atoms with Crippen molar-refractivity contribution < 1.29 is 0 Å². The molecule has 1 aromatic rings. The van der Waals surface area contributed by atoms with Gasteiger partial charge in [-0.05, 0) is 57.9 Å². The molecule has 0 bridgehead atoms. The second kappa shape index (κ2) is 6.66. The van der Waals surface area contributed by atoms with Crippen LogP contribution < -0.4 is 10.2 Å². The smallest absolute Gasteiger partial charge is 0.186 e. The molecule has 3 nitrogen and oxygen atoms in total. The summed E-state index contributed by atoms with van der Waals surface area (Å²) in [5.41, 5.74) is 1.36. The molecule has 1 aromatic heterocycles. The predicted octanol–water partition coefficient (Wildman–Crippen LogP) is 4.14. The van der Waals surface area contributed by atoms with E-state index in [0.29, 0.717) is 12.1 Å². The van der Waals surface area contributed by atoms with Crippen molar-refractivity contribution in [3.8, 4) is 0 Å². The quantitative estimate of drug-likeness (QED) is 0.906. The number of rotatable bonds is 4. The van der Waals surface area contributed by atoms with Crippen molar-refractivity contribution in [3.63, 3.8) is 0 Å². The maximum atomic E-state index is 5.07. The SMILES string of the molecule is CCCNC1CCCc2sc(N3CCC(C)CC3C)nc21. The zero-order chi connectivity index (χ0) is 14.8. The standard InChI is InChI=1S/C17H29N3S/c1-4-9-18-14-6-5-7-15-16(14)19-17(21-15)20-10-8-12(2)11-13(20)3/h12-14,18H,4-11H2,1-3H3. The highest BCUT2D eigenvalue weighted by Crippen LogP contribution is 2.38. The molecule has 1 saturated heterocycles. The van der Waals surface area contributed by atoms with Gasteiger partial charge in [0.15, 0.2) is 5.13 Å². The topological polar surface area (TPSA) is 28.2 Å². The minimum Gasteiger partial charge on any atom is -0.345 e. The van der Waals surface area contributed by atoms with Crippen LogP contribution in [0.1, 0.15) is 69.5 Å². The fourth-order valence-corrected chi connectivity index (χ4v) is 5.03. The number of aryl methyl sites for hydroxylation is 1. The van der Waals surface area contributed by atoms with Gasteiger partial charge >= 0.3 is 0 Å². The largest absolute Gasteiger partial charge is 0.345 e. The maximum Gasteiger partial charge on any atom is 0.186 e. The first-order chi connectivity index (χ1) is 10.2. The summed E-state index contributed by atoms with van der Waals surface area (Å²) in [5, 5.41) is 4.97. The van der Waals surface area contributed by atoms with Gasteiger partial charge in [-0.1, -0.05) is 13.8 Å². The van der Waals surface area contributed by atoms with Gasteiger partial charge in [-0.25, -0.2) is 4.98 Å². The maximum absolute atomic E-state index is 5.07. The third-order valence-corrected chi connectivity index (χ3v) is 6.14. The minimum atomic E-state index is 0.498. The molecule has 1 N–H and O–H groups in total. The molecular formula is C17H29N3S. The first-order valence-corrected chi connectivity index (χ1v) is 9.50. The lowest BCUT2D eigenvalue weighted by Gasteiger charge is -2.36. The normalized spacial score (nSPS) is 29.5. The molecule has 0 amide bonds. The minimum absolute atomic E-state index is 0.498. The summed E-state index contributed by atoms with van der Waals surface area (Å²) in [6.07, 6.45) is 7.61. The van der Waals surface area contributed by atoms with E-state index in [1.165, 1.54) is 60.8 Å². The Morgan fingerprint density at radius 2 is 2.19 bits per heavy atom. The second-order valence-electron chi connectivity index (χ2n) is 6.88. The molecule has 3 unspecified atom stereocenters. The molecule has 1 aliphatic heterocycles. The van der Waals surface area contributed by atoms with E-state index in [1.807, 2.05) is 11.3 Å². The molecule has 3 rings (SSSR count). The lowest BCUT2D eigenvalue weighted by Crippen LogP contribution is -2.40. The summed E-state index contributed by atoms with van der Waals surface area (Å²) < 4.78 is 0. The third kappa shape index (κ3) is 3.26. The molecule has 0 aromatic carbocycles. The van der Waals surface area contributed by atoms with Crippen molar-refractivity contribution >= 4 is 16.5 Å². The Balaban J connectivity index is 1.78. The molecular weight excluding hydrogens is 278 g/mol. The summed E-state index contributed by atoms with van der Waals surface area (Å²) in [6.45, 7) is 9.27. The van der Waals surface area contributed by atoms with Gasteiger partial charge in [0.1, 0.15) is 0 Å². The lowest BCUT2D eigenvalue weighted by molar-refractivity contribution is 0.377. The van der Waals surface area contributed by atoms with Crippen LogP contribution in [0.15, 0.2) is 0 Å². The number of nitrogens with one attached hydrogen (secondary N) is 1. The summed E-state index contributed by atoms with van der Waals surface area (Å²) in [7, 11) is 0. The number of piperidine rings is 1.